The molecule has 0 bridgehead atoms. The molecule has 1 unspecified atom stereocenters. The third-order valence-corrected chi connectivity index (χ3v) is 3.05. The highest BCUT2D eigenvalue weighted by Crippen LogP contribution is 2.24. The molecule has 0 spiro atoms. The molecule has 0 aliphatic heterocycles. The number of fused-ring (bicyclic) bond motifs is 1. The number of hydrogen-bond acceptors (Lipinski definition) is 4. The molecule has 104 valence electrons. The molecule has 1 atom stereocenters. The number of rotatable bonds is 4. The van der Waals surface area contributed by atoms with Gasteiger partial charge in [0.05, 0.1) is 5.69 Å². The van der Waals surface area contributed by atoms with Crippen molar-refractivity contribution >= 4 is 11.3 Å². The first-order valence-electron chi connectivity index (χ1n) is 6.72. The maximum atomic E-state index is 5.75. The van der Waals surface area contributed by atoms with Crippen molar-refractivity contribution in [3.8, 4) is 0 Å². The summed E-state index contributed by atoms with van der Waals surface area (Å²) in [5, 5.41) is 7.93. The molecule has 5 heteroatoms. The van der Waals surface area contributed by atoms with Gasteiger partial charge in [0.1, 0.15) is 5.52 Å². The molecule has 0 saturated carbocycles. The van der Waals surface area contributed by atoms with E-state index < -0.39 is 0 Å². The Morgan fingerprint density at radius 1 is 1.42 bits per heavy atom. The standard InChI is InChI=1S/C14H23N5/c1-10(15)5-6-16-13-11-9-12(14(2,3)4)18-19(11)8-7-17-13/h7-10H,5-6,15H2,1-4H3,(H,16,17). The van der Waals surface area contributed by atoms with Crippen molar-refractivity contribution in [2.45, 2.75) is 45.6 Å². The molecule has 0 fully saturated rings. The first kappa shape index (κ1) is 13.8. The van der Waals surface area contributed by atoms with E-state index in [2.05, 4.69) is 42.2 Å². The van der Waals surface area contributed by atoms with E-state index in [1.807, 2.05) is 17.6 Å². The Labute approximate surface area is 114 Å². The summed E-state index contributed by atoms with van der Waals surface area (Å²) in [5.74, 6) is 0.867. The molecule has 2 rings (SSSR count). The molecule has 0 amide bonds. The fraction of sp³-hybridized carbons (Fsp3) is 0.571. The molecule has 3 N–H and O–H groups in total. The highest BCUT2D eigenvalue weighted by Gasteiger charge is 2.18. The van der Waals surface area contributed by atoms with Gasteiger partial charge >= 0.3 is 0 Å². The number of nitrogens with zero attached hydrogens (tertiary/aromatic N) is 3. The zero-order valence-corrected chi connectivity index (χ0v) is 12.1. The fourth-order valence-electron chi connectivity index (χ4n) is 1.84. The lowest BCUT2D eigenvalue weighted by Crippen LogP contribution is -2.19. The Morgan fingerprint density at radius 2 is 2.16 bits per heavy atom. The summed E-state index contributed by atoms with van der Waals surface area (Å²) in [4.78, 5) is 4.39. The van der Waals surface area contributed by atoms with E-state index in [1.165, 1.54) is 0 Å². The van der Waals surface area contributed by atoms with Gasteiger partial charge in [0.15, 0.2) is 5.82 Å². The van der Waals surface area contributed by atoms with Crippen molar-refractivity contribution in [3.63, 3.8) is 0 Å². The van der Waals surface area contributed by atoms with Gasteiger partial charge in [0.25, 0.3) is 0 Å². The molecule has 0 aliphatic carbocycles. The van der Waals surface area contributed by atoms with E-state index in [0.717, 1.165) is 30.0 Å². The zero-order chi connectivity index (χ0) is 14.0. The average Bonchev–Trinajstić information content (AvgIpc) is 2.72. The van der Waals surface area contributed by atoms with E-state index in [4.69, 9.17) is 5.73 Å². The minimum Gasteiger partial charge on any atom is -0.368 e. The zero-order valence-electron chi connectivity index (χ0n) is 12.1. The largest absolute Gasteiger partial charge is 0.368 e. The number of hydrogen-bond donors (Lipinski definition) is 2. The van der Waals surface area contributed by atoms with Crippen LogP contribution in [0.4, 0.5) is 5.82 Å². The molecule has 2 heterocycles. The van der Waals surface area contributed by atoms with Gasteiger partial charge in [-0.05, 0) is 19.4 Å². The average molecular weight is 261 g/mol. The van der Waals surface area contributed by atoms with Gasteiger partial charge in [-0.15, -0.1) is 0 Å². The monoisotopic (exact) mass is 261 g/mol. The van der Waals surface area contributed by atoms with Crippen LogP contribution in [0.5, 0.6) is 0 Å². The van der Waals surface area contributed by atoms with Crippen LogP contribution in [0.3, 0.4) is 0 Å². The molecule has 0 aromatic carbocycles. The Kier molecular flexibility index (Phi) is 3.75. The maximum absolute atomic E-state index is 5.75. The molecule has 0 aliphatic rings. The first-order valence-corrected chi connectivity index (χ1v) is 6.72. The van der Waals surface area contributed by atoms with Crippen molar-refractivity contribution in [1.29, 1.82) is 0 Å². The van der Waals surface area contributed by atoms with Gasteiger partial charge in [-0.1, -0.05) is 20.8 Å². The molecule has 2 aromatic rings. The summed E-state index contributed by atoms with van der Waals surface area (Å²) in [6.45, 7) is 9.30. The predicted molar refractivity (Wildman–Crippen MR) is 78.4 cm³/mol. The van der Waals surface area contributed by atoms with E-state index in [0.29, 0.717) is 0 Å². The second-order valence-electron chi connectivity index (χ2n) is 6.08. The van der Waals surface area contributed by atoms with Crippen molar-refractivity contribution in [2.24, 2.45) is 5.73 Å². The van der Waals surface area contributed by atoms with E-state index in [-0.39, 0.29) is 11.5 Å². The van der Waals surface area contributed by atoms with E-state index >= 15 is 0 Å². The summed E-state index contributed by atoms with van der Waals surface area (Å²) in [6.07, 6.45) is 4.56. The second-order valence-corrected chi connectivity index (χ2v) is 6.08. The summed E-state index contributed by atoms with van der Waals surface area (Å²) in [7, 11) is 0. The third-order valence-electron chi connectivity index (χ3n) is 3.05. The quantitative estimate of drug-likeness (QED) is 0.885. The molecule has 0 radical (unpaired) electrons. The van der Waals surface area contributed by atoms with Crippen molar-refractivity contribution < 1.29 is 0 Å². The lowest BCUT2D eigenvalue weighted by atomic mass is 9.92. The predicted octanol–water partition coefficient (Wildman–Crippen LogP) is 2.18. The van der Waals surface area contributed by atoms with Crippen LogP contribution in [0.1, 0.15) is 39.8 Å². The minimum absolute atomic E-state index is 0.0368. The van der Waals surface area contributed by atoms with Crippen molar-refractivity contribution in [3.05, 3.63) is 24.2 Å². The topological polar surface area (TPSA) is 68.2 Å². The summed E-state index contributed by atoms with van der Waals surface area (Å²) in [5.41, 5.74) is 7.87. The van der Waals surface area contributed by atoms with E-state index in [9.17, 15) is 0 Å². The van der Waals surface area contributed by atoms with Crippen molar-refractivity contribution in [1.82, 2.24) is 14.6 Å². The van der Waals surface area contributed by atoms with Crippen LogP contribution in [0.25, 0.3) is 5.52 Å². The van der Waals surface area contributed by atoms with Crippen LogP contribution >= 0.6 is 0 Å². The molecule has 2 aromatic heterocycles. The van der Waals surface area contributed by atoms with Crippen LogP contribution in [-0.2, 0) is 5.41 Å². The van der Waals surface area contributed by atoms with Crippen LogP contribution in [0.2, 0.25) is 0 Å². The van der Waals surface area contributed by atoms with Gasteiger partial charge in [0, 0.05) is 30.4 Å². The second kappa shape index (κ2) is 5.17. The van der Waals surface area contributed by atoms with Gasteiger partial charge in [-0.2, -0.15) is 5.10 Å². The Bertz CT molecular complexity index is 550. The summed E-state index contributed by atoms with van der Waals surface area (Å²) >= 11 is 0. The normalized spacial score (nSPS) is 13.7. The number of nitrogens with one attached hydrogen (secondary N) is 1. The molecule has 19 heavy (non-hydrogen) atoms. The minimum atomic E-state index is 0.0368. The molecule has 0 saturated heterocycles. The molecule has 5 nitrogen and oxygen atoms in total. The van der Waals surface area contributed by atoms with Gasteiger partial charge in [-0.3, -0.25) is 0 Å². The number of aromatic nitrogens is 3. The van der Waals surface area contributed by atoms with Gasteiger partial charge in [-0.25, -0.2) is 9.50 Å². The SMILES string of the molecule is CC(N)CCNc1nccn2nc(C(C)(C)C)cc12. The van der Waals surface area contributed by atoms with Crippen LogP contribution in [0, 0.1) is 0 Å². The Hall–Kier alpha value is -1.62. The number of nitrogens with two attached hydrogens (primary N) is 1. The van der Waals surface area contributed by atoms with Crippen LogP contribution in [0.15, 0.2) is 18.5 Å². The van der Waals surface area contributed by atoms with Crippen LogP contribution in [-0.4, -0.2) is 27.2 Å². The maximum Gasteiger partial charge on any atom is 0.152 e. The van der Waals surface area contributed by atoms with Gasteiger partial charge in [0.2, 0.25) is 0 Å². The molecular formula is C14H23N5. The fourth-order valence-corrected chi connectivity index (χ4v) is 1.84. The number of anilines is 1. The Balaban J connectivity index is 2.27. The van der Waals surface area contributed by atoms with E-state index in [1.54, 1.807) is 6.20 Å². The highest BCUT2D eigenvalue weighted by atomic mass is 15.2. The first-order chi connectivity index (χ1) is 8.88. The lowest BCUT2D eigenvalue weighted by molar-refractivity contribution is 0.562. The van der Waals surface area contributed by atoms with Gasteiger partial charge < -0.3 is 11.1 Å². The molecular weight excluding hydrogens is 238 g/mol. The lowest BCUT2D eigenvalue weighted by Gasteiger charge is -2.13. The van der Waals surface area contributed by atoms with Crippen LogP contribution < -0.4 is 11.1 Å². The summed E-state index contributed by atoms with van der Waals surface area (Å²) in [6, 6.07) is 2.29. The Morgan fingerprint density at radius 3 is 2.79 bits per heavy atom. The smallest absolute Gasteiger partial charge is 0.152 e. The third kappa shape index (κ3) is 3.23. The van der Waals surface area contributed by atoms with Crippen molar-refractivity contribution in [2.75, 3.05) is 11.9 Å². The highest BCUT2D eigenvalue weighted by molar-refractivity contribution is 5.68. The summed E-state index contributed by atoms with van der Waals surface area (Å²) < 4.78 is 1.88.